The minimum absolute atomic E-state index is 0. The summed E-state index contributed by atoms with van der Waals surface area (Å²) in [5.74, 6) is 0.888. The van der Waals surface area contributed by atoms with Crippen LogP contribution in [-0.4, -0.2) is 36.5 Å². The second kappa shape index (κ2) is 6.24. The van der Waals surface area contributed by atoms with Crippen molar-refractivity contribution in [3.05, 3.63) is 28.8 Å². The molecule has 3 rings (SSSR count). The van der Waals surface area contributed by atoms with Crippen LogP contribution in [0.3, 0.4) is 0 Å². The lowest BCUT2D eigenvalue weighted by molar-refractivity contribution is 0.0687. The first-order valence-corrected chi connectivity index (χ1v) is 7.47. The van der Waals surface area contributed by atoms with E-state index in [-0.39, 0.29) is 30.5 Å². The summed E-state index contributed by atoms with van der Waals surface area (Å²) in [6.07, 6.45) is 1.03. The number of aryl methyl sites for hydroxylation is 1. The molecule has 0 unspecified atom stereocenters. The average molecular weight is 311 g/mol. The summed E-state index contributed by atoms with van der Waals surface area (Å²) in [5, 5.41) is 3.38. The van der Waals surface area contributed by atoms with Crippen LogP contribution in [0.25, 0.3) is 0 Å². The molecule has 21 heavy (non-hydrogen) atoms. The van der Waals surface area contributed by atoms with Crippen molar-refractivity contribution in [3.63, 3.8) is 0 Å². The van der Waals surface area contributed by atoms with Crippen LogP contribution < -0.4 is 10.1 Å². The molecule has 4 nitrogen and oxygen atoms in total. The fraction of sp³-hybridized carbons (Fsp3) is 0.562. The molecule has 1 aromatic rings. The Morgan fingerprint density at radius 2 is 2.19 bits per heavy atom. The van der Waals surface area contributed by atoms with E-state index in [1.54, 1.807) is 0 Å². The summed E-state index contributed by atoms with van der Waals surface area (Å²) in [4.78, 5) is 14.6. The molecule has 5 heteroatoms. The monoisotopic (exact) mass is 310 g/mol. The Kier molecular flexibility index (Phi) is 4.79. The van der Waals surface area contributed by atoms with Crippen LogP contribution in [0.5, 0.6) is 5.75 Å². The van der Waals surface area contributed by atoms with Gasteiger partial charge in [-0.2, -0.15) is 0 Å². The molecule has 2 aliphatic rings. The van der Waals surface area contributed by atoms with Gasteiger partial charge in [-0.05, 0) is 37.5 Å². The van der Waals surface area contributed by atoms with Crippen LogP contribution in [0.1, 0.15) is 48.3 Å². The molecule has 1 N–H and O–H groups in total. The summed E-state index contributed by atoms with van der Waals surface area (Å²) in [7, 11) is 0. The number of nitrogens with one attached hydrogen (secondary N) is 1. The number of amides is 1. The van der Waals surface area contributed by atoms with Gasteiger partial charge in [-0.3, -0.25) is 4.79 Å². The van der Waals surface area contributed by atoms with E-state index >= 15 is 0 Å². The molecule has 1 amide bonds. The number of hydrogen-bond acceptors (Lipinski definition) is 3. The Hall–Kier alpha value is -1.26. The van der Waals surface area contributed by atoms with Crippen molar-refractivity contribution in [2.75, 3.05) is 19.6 Å². The predicted octanol–water partition coefficient (Wildman–Crippen LogP) is 2.56. The van der Waals surface area contributed by atoms with E-state index in [1.807, 2.05) is 24.8 Å². The standard InChI is InChI=1S/C16H22N2O2.ClH/c1-4-11-7-12-13-9-17-5-6-18(13)16(19)15(12)14(8-11)20-10(2)3;/h7-8,10,13,17H,4-6,9H2,1-3H3;1H/t13-;/m0./s1. The quantitative estimate of drug-likeness (QED) is 0.933. The number of rotatable bonds is 3. The fourth-order valence-corrected chi connectivity index (χ4v) is 3.11. The summed E-state index contributed by atoms with van der Waals surface area (Å²) in [6.45, 7) is 8.62. The Balaban J connectivity index is 0.00000161. The Morgan fingerprint density at radius 1 is 1.43 bits per heavy atom. The summed E-state index contributed by atoms with van der Waals surface area (Å²) >= 11 is 0. The topological polar surface area (TPSA) is 41.6 Å². The highest BCUT2D eigenvalue weighted by Crippen LogP contribution is 2.40. The molecular formula is C16H23ClN2O2. The lowest BCUT2D eigenvalue weighted by atomic mass is 9.98. The highest BCUT2D eigenvalue weighted by atomic mass is 35.5. The number of fused-ring (bicyclic) bond motifs is 3. The second-order valence-corrected chi connectivity index (χ2v) is 5.80. The van der Waals surface area contributed by atoms with E-state index < -0.39 is 0 Å². The highest BCUT2D eigenvalue weighted by molar-refractivity contribution is 6.02. The van der Waals surface area contributed by atoms with Crippen molar-refractivity contribution in [2.24, 2.45) is 0 Å². The third-order valence-electron chi connectivity index (χ3n) is 4.04. The zero-order chi connectivity index (χ0) is 14.3. The third-order valence-corrected chi connectivity index (χ3v) is 4.04. The van der Waals surface area contributed by atoms with Crippen molar-refractivity contribution in [1.29, 1.82) is 0 Å². The largest absolute Gasteiger partial charge is 0.490 e. The van der Waals surface area contributed by atoms with Crippen LogP contribution in [0, 0.1) is 0 Å². The molecule has 2 heterocycles. The molecule has 116 valence electrons. The van der Waals surface area contributed by atoms with Gasteiger partial charge in [0.25, 0.3) is 5.91 Å². The van der Waals surface area contributed by atoms with Gasteiger partial charge in [0.15, 0.2) is 0 Å². The van der Waals surface area contributed by atoms with Crippen LogP contribution in [0.2, 0.25) is 0 Å². The molecule has 0 aliphatic carbocycles. The molecule has 1 saturated heterocycles. The first kappa shape index (κ1) is 16.1. The maximum atomic E-state index is 12.7. The molecule has 0 radical (unpaired) electrons. The molecule has 0 aromatic heterocycles. The van der Waals surface area contributed by atoms with Crippen LogP contribution in [0.15, 0.2) is 12.1 Å². The van der Waals surface area contributed by atoms with Crippen molar-refractivity contribution >= 4 is 18.3 Å². The average Bonchev–Trinajstić information content (AvgIpc) is 2.72. The number of carbonyl (C=O) groups excluding carboxylic acids is 1. The Labute approximate surface area is 132 Å². The zero-order valence-electron chi connectivity index (χ0n) is 12.8. The lowest BCUT2D eigenvalue weighted by Crippen LogP contribution is -2.44. The van der Waals surface area contributed by atoms with E-state index in [1.165, 1.54) is 5.56 Å². The van der Waals surface area contributed by atoms with E-state index in [0.29, 0.717) is 0 Å². The molecule has 0 spiro atoms. The van der Waals surface area contributed by atoms with Gasteiger partial charge in [-0.1, -0.05) is 13.0 Å². The van der Waals surface area contributed by atoms with Crippen molar-refractivity contribution in [1.82, 2.24) is 10.2 Å². The molecule has 1 fully saturated rings. The number of ether oxygens (including phenoxy) is 1. The van der Waals surface area contributed by atoms with E-state index in [4.69, 9.17) is 4.74 Å². The van der Waals surface area contributed by atoms with E-state index in [2.05, 4.69) is 18.3 Å². The SMILES string of the molecule is CCc1cc(OC(C)C)c2c(c1)[C@@H]1CNCCN1C2=O.Cl. The molecule has 1 aromatic carbocycles. The number of nitrogens with zero attached hydrogens (tertiary/aromatic N) is 1. The highest BCUT2D eigenvalue weighted by Gasteiger charge is 2.40. The van der Waals surface area contributed by atoms with Crippen LogP contribution in [0.4, 0.5) is 0 Å². The van der Waals surface area contributed by atoms with Gasteiger partial charge in [0.1, 0.15) is 5.75 Å². The van der Waals surface area contributed by atoms with Crippen molar-refractivity contribution in [2.45, 2.75) is 39.3 Å². The first-order valence-electron chi connectivity index (χ1n) is 7.47. The zero-order valence-corrected chi connectivity index (χ0v) is 13.6. The lowest BCUT2D eigenvalue weighted by Gasteiger charge is -2.30. The minimum atomic E-state index is 0. The Bertz CT molecular complexity index is 545. The summed E-state index contributed by atoms with van der Waals surface area (Å²) in [6, 6.07) is 4.38. The number of hydrogen-bond donors (Lipinski definition) is 1. The summed E-state index contributed by atoms with van der Waals surface area (Å²) < 4.78 is 5.91. The number of piperazine rings is 1. The van der Waals surface area contributed by atoms with Gasteiger partial charge in [-0.25, -0.2) is 0 Å². The van der Waals surface area contributed by atoms with Gasteiger partial charge < -0.3 is 15.0 Å². The van der Waals surface area contributed by atoms with Gasteiger partial charge in [0.05, 0.1) is 17.7 Å². The first-order chi connectivity index (χ1) is 9.61. The van der Waals surface area contributed by atoms with Gasteiger partial charge in [0.2, 0.25) is 0 Å². The smallest absolute Gasteiger partial charge is 0.258 e. The van der Waals surface area contributed by atoms with E-state index in [0.717, 1.165) is 42.9 Å². The number of carbonyl (C=O) groups is 1. The normalized spacial score (nSPS) is 20.1. The maximum absolute atomic E-state index is 12.7. The number of benzene rings is 1. The number of halogens is 1. The van der Waals surface area contributed by atoms with E-state index in [9.17, 15) is 4.79 Å². The molecular weight excluding hydrogens is 288 g/mol. The molecule has 1 atom stereocenters. The third kappa shape index (κ3) is 2.74. The molecule has 0 bridgehead atoms. The van der Waals surface area contributed by atoms with Crippen LogP contribution in [-0.2, 0) is 6.42 Å². The molecule has 2 aliphatic heterocycles. The van der Waals surface area contributed by atoms with Crippen LogP contribution >= 0.6 is 12.4 Å². The predicted molar refractivity (Wildman–Crippen MR) is 85.5 cm³/mol. The second-order valence-electron chi connectivity index (χ2n) is 5.80. The van der Waals surface area contributed by atoms with Gasteiger partial charge in [-0.15, -0.1) is 12.4 Å². The minimum Gasteiger partial charge on any atom is -0.490 e. The van der Waals surface area contributed by atoms with Gasteiger partial charge >= 0.3 is 0 Å². The van der Waals surface area contributed by atoms with Gasteiger partial charge in [0, 0.05) is 19.6 Å². The van der Waals surface area contributed by atoms with Crippen molar-refractivity contribution in [3.8, 4) is 5.75 Å². The fourth-order valence-electron chi connectivity index (χ4n) is 3.11. The summed E-state index contributed by atoms with van der Waals surface area (Å²) in [5.41, 5.74) is 3.15. The maximum Gasteiger partial charge on any atom is 0.258 e. The molecule has 0 saturated carbocycles. The van der Waals surface area contributed by atoms with Crippen molar-refractivity contribution < 1.29 is 9.53 Å². The Morgan fingerprint density at radius 3 is 2.86 bits per heavy atom.